The molecular weight excluding hydrogens is 238 g/mol. The monoisotopic (exact) mass is 267 g/mol. The van der Waals surface area contributed by atoms with Gasteiger partial charge >= 0.3 is 0 Å². The Morgan fingerprint density at radius 3 is 2.26 bits per heavy atom. The fourth-order valence-electron chi connectivity index (χ4n) is 3.16. The van der Waals surface area contributed by atoms with E-state index in [-0.39, 0.29) is 5.91 Å². The second kappa shape index (κ2) is 6.23. The lowest BCUT2D eigenvalue weighted by molar-refractivity contribution is -0.141. The molecule has 0 bridgehead atoms. The maximum atomic E-state index is 12.3. The zero-order valence-corrected chi connectivity index (χ0v) is 12.5. The summed E-state index contributed by atoms with van der Waals surface area (Å²) in [5.41, 5.74) is 5.29. The first-order chi connectivity index (χ1) is 9.03. The molecule has 0 radical (unpaired) electrons. The van der Waals surface area contributed by atoms with Crippen LogP contribution in [-0.2, 0) is 4.79 Å². The average molecular weight is 267 g/mol. The Balaban J connectivity index is 1.77. The van der Waals surface area contributed by atoms with E-state index < -0.39 is 5.41 Å². The Hall–Kier alpha value is -0.610. The summed E-state index contributed by atoms with van der Waals surface area (Å²) in [6.07, 6.45) is 5.04. The molecule has 0 aliphatic carbocycles. The standard InChI is InChI=1S/C15H29N3O/c1-15(2,12-16)14(19)18-9-5-13(6-10-18)11-17-7-3-4-8-17/h13H,3-12,16H2,1-2H3. The van der Waals surface area contributed by atoms with Gasteiger partial charge in [0, 0.05) is 26.2 Å². The Bertz CT molecular complexity index is 303. The smallest absolute Gasteiger partial charge is 0.229 e. The van der Waals surface area contributed by atoms with Crippen molar-refractivity contribution < 1.29 is 4.79 Å². The summed E-state index contributed by atoms with van der Waals surface area (Å²) in [4.78, 5) is 16.9. The predicted molar refractivity (Wildman–Crippen MR) is 77.8 cm³/mol. The number of nitrogens with zero attached hydrogens (tertiary/aromatic N) is 2. The molecule has 0 unspecified atom stereocenters. The highest BCUT2D eigenvalue weighted by atomic mass is 16.2. The van der Waals surface area contributed by atoms with Gasteiger partial charge in [-0.15, -0.1) is 0 Å². The number of carbonyl (C=O) groups is 1. The molecule has 0 atom stereocenters. The van der Waals surface area contributed by atoms with Crippen LogP contribution in [0.3, 0.4) is 0 Å². The molecule has 2 saturated heterocycles. The number of hydrogen-bond donors (Lipinski definition) is 1. The van der Waals surface area contributed by atoms with Crippen LogP contribution in [0.4, 0.5) is 0 Å². The molecule has 2 rings (SSSR count). The highest BCUT2D eigenvalue weighted by molar-refractivity contribution is 5.82. The molecule has 0 saturated carbocycles. The van der Waals surface area contributed by atoms with Gasteiger partial charge in [-0.3, -0.25) is 4.79 Å². The summed E-state index contributed by atoms with van der Waals surface area (Å²) >= 11 is 0. The average Bonchev–Trinajstić information content (AvgIpc) is 2.91. The topological polar surface area (TPSA) is 49.6 Å². The Morgan fingerprint density at radius 2 is 1.74 bits per heavy atom. The van der Waals surface area contributed by atoms with Crippen LogP contribution in [0.2, 0.25) is 0 Å². The van der Waals surface area contributed by atoms with Gasteiger partial charge in [0.25, 0.3) is 0 Å². The second-order valence-electron chi connectivity index (χ2n) is 6.83. The third-order valence-corrected chi connectivity index (χ3v) is 4.71. The molecule has 0 spiro atoms. The van der Waals surface area contributed by atoms with Crippen molar-refractivity contribution in [1.29, 1.82) is 0 Å². The lowest BCUT2D eigenvalue weighted by Crippen LogP contribution is -2.48. The first-order valence-electron chi connectivity index (χ1n) is 7.75. The number of nitrogens with two attached hydrogens (primary N) is 1. The summed E-state index contributed by atoms with van der Waals surface area (Å²) < 4.78 is 0. The van der Waals surface area contributed by atoms with Crippen molar-refractivity contribution in [2.75, 3.05) is 39.3 Å². The largest absolute Gasteiger partial charge is 0.342 e. The van der Waals surface area contributed by atoms with Crippen molar-refractivity contribution in [2.24, 2.45) is 17.1 Å². The van der Waals surface area contributed by atoms with E-state index >= 15 is 0 Å². The van der Waals surface area contributed by atoms with Crippen molar-refractivity contribution in [3.05, 3.63) is 0 Å². The number of likely N-dealkylation sites (tertiary alicyclic amines) is 2. The molecule has 110 valence electrons. The quantitative estimate of drug-likeness (QED) is 0.835. The fraction of sp³-hybridized carbons (Fsp3) is 0.933. The van der Waals surface area contributed by atoms with Gasteiger partial charge in [0.2, 0.25) is 5.91 Å². The molecule has 4 heteroatoms. The summed E-state index contributed by atoms with van der Waals surface area (Å²) in [6, 6.07) is 0. The number of amides is 1. The molecular formula is C15H29N3O. The van der Waals surface area contributed by atoms with E-state index in [1.54, 1.807) is 0 Å². The summed E-state index contributed by atoms with van der Waals surface area (Å²) in [5.74, 6) is 1.01. The Morgan fingerprint density at radius 1 is 1.16 bits per heavy atom. The van der Waals surface area contributed by atoms with E-state index in [9.17, 15) is 4.79 Å². The normalized spacial score (nSPS) is 23.0. The minimum Gasteiger partial charge on any atom is -0.342 e. The van der Waals surface area contributed by atoms with E-state index in [1.807, 2.05) is 18.7 Å². The molecule has 1 amide bonds. The number of carbonyl (C=O) groups excluding carboxylic acids is 1. The Labute approximate surface area is 117 Å². The van der Waals surface area contributed by atoms with E-state index in [2.05, 4.69) is 4.90 Å². The highest BCUT2D eigenvalue weighted by Crippen LogP contribution is 2.24. The number of rotatable bonds is 4. The van der Waals surface area contributed by atoms with Crippen LogP contribution in [-0.4, -0.2) is 55.0 Å². The van der Waals surface area contributed by atoms with E-state index in [1.165, 1.54) is 32.5 Å². The zero-order chi connectivity index (χ0) is 13.9. The van der Waals surface area contributed by atoms with E-state index in [4.69, 9.17) is 5.73 Å². The van der Waals surface area contributed by atoms with Crippen molar-refractivity contribution in [3.8, 4) is 0 Å². The minimum atomic E-state index is -0.401. The molecule has 0 aromatic rings. The number of piperidine rings is 1. The van der Waals surface area contributed by atoms with Gasteiger partial charge in [-0.25, -0.2) is 0 Å². The Kier molecular flexibility index (Phi) is 4.85. The molecule has 4 nitrogen and oxygen atoms in total. The lowest BCUT2D eigenvalue weighted by atomic mass is 9.89. The van der Waals surface area contributed by atoms with Gasteiger partial charge in [-0.2, -0.15) is 0 Å². The molecule has 2 aliphatic heterocycles. The summed E-state index contributed by atoms with van der Waals surface area (Å²) in [6.45, 7) is 9.96. The summed E-state index contributed by atoms with van der Waals surface area (Å²) in [7, 11) is 0. The van der Waals surface area contributed by atoms with Crippen LogP contribution in [0, 0.1) is 11.3 Å². The third kappa shape index (κ3) is 3.69. The zero-order valence-electron chi connectivity index (χ0n) is 12.5. The van der Waals surface area contributed by atoms with Crippen LogP contribution in [0.25, 0.3) is 0 Å². The highest BCUT2D eigenvalue weighted by Gasteiger charge is 2.33. The van der Waals surface area contributed by atoms with Crippen molar-refractivity contribution in [2.45, 2.75) is 39.5 Å². The molecule has 0 aromatic carbocycles. The van der Waals surface area contributed by atoms with Crippen LogP contribution < -0.4 is 5.73 Å². The summed E-state index contributed by atoms with van der Waals surface area (Å²) in [5, 5.41) is 0. The first kappa shape index (κ1) is 14.8. The van der Waals surface area contributed by atoms with E-state index in [0.29, 0.717) is 6.54 Å². The van der Waals surface area contributed by atoms with Gasteiger partial charge in [-0.05, 0) is 58.5 Å². The van der Waals surface area contributed by atoms with Gasteiger partial charge < -0.3 is 15.5 Å². The fourth-order valence-corrected chi connectivity index (χ4v) is 3.16. The van der Waals surface area contributed by atoms with Crippen LogP contribution in [0.5, 0.6) is 0 Å². The molecule has 19 heavy (non-hydrogen) atoms. The molecule has 2 fully saturated rings. The number of hydrogen-bond acceptors (Lipinski definition) is 3. The third-order valence-electron chi connectivity index (χ3n) is 4.71. The molecule has 2 N–H and O–H groups in total. The van der Waals surface area contributed by atoms with Crippen LogP contribution in [0.15, 0.2) is 0 Å². The minimum absolute atomic E-state index is 0.231. The maximum absolute atomic E-state index is 12.3. The van der Waals surface area contributed by atoms with Gasteiger partial charge in [0.05, 0.1) is 5.41 Å². The first-order valence-corrected chi connectivity index (χ1v) is 7.75. The maximum Gasteiger partial charge on any atom is 0.229 e. The second-order valence-corrected chi connectivity index (χ2v) is 6.83. The predicted octanol–water partition coefficient (Wildman–Crippen LogP) is 1.31. The van der Waals surface area contributed by atoms with Crippen molar-refractivity contribution >= 4 is 5.91 Å². The van der Waals surface area contributed by atoms with Crippen LogP contribution >= 0.6 is 0 Å². The van der Waals surface area contributed by atoms with Gasteiger partial charge in [-0.1, -0.05) is 0 Å². The molecule has 0 aromatic heterocycles. The van der Waals surface area contributed by atoms with Crippen molar-refractivity contribution in [3.63, 3.8) is 0 Å². The van der Waals surface area contributed by atoms with Crippen molar-refractivity contribution in [1.82, 2.24) is 9.80 Å². The SMILES string of the molecule is CC(C)(CN)C(=O)N1CCC(CN2CCCC2)CC1. The van der Waals surface area contributed by atoms with E-state index in [0.717, 1.165) is 31.8 Å². The molecule has 2 heterocycles. The lowest BCUT2D eigenvalue weighted by Gasteiger charge is -2.37. The van der Waals surface area contributed by atoms with Gasteiger partial charge in [0.15, 0.2) is 0 Å². The van der Waals surface area contributed by atoms with Crippen LogP contribution in [0.1, 0.15) is 39.5 Å². The molecule has 2 aliphatic rings. The van der Waals surface area contributed by atoms with Gasteiger partial charge in [0.1, 0.15) is 0 Å².